The van der Waals surface area contributed by atoms with Crippen molar-refractivity contribution in [1.29, 1.82) is 0 Å². The van der Waals surface area contributed by atoms with Gasteiger partial charge in [0.15, 0.2) is 0 Å². The van der Waals surface area contributed by atoms with E-state index in [0.717, 1.165) is 24.0 Å². The summed E-state index contributed by atoms with van der Waals surface area (Å²) in [7, 11) is -3.36. The van der Waals surface area contributed by atoms with E-state index in [1.54, 1.807) is 4.31 Å². The Kier molecular flexibility index (Phi) is 5.15. The first-order chi connectivity index (χ1) is 9.51. The largest absolute Gasteiger partial charge is 0.326 e. The second-order valence-electron chi connectivity index (χ2n) is 5.43. The minimum absolute atomic E-state index is 0.319. The molecule has 5 nitrogen and oxygen atoms in total. The van der Waals surface area contributed by atoms with Crippen LogP contribution in [-0.4, -0.2) is 25.8 Å². The standard InChI is InChI=1S/C14H23N3O2S/c1-12-6-8-17(9-7-12)20(18,19)16-11-14-4-2-13(10-15)3-5-14/h2-5,12,16H,6-11,15H2,1H3. The van der Waals surface area contributed by atoms with Gasteiger partial charge in [0.1, 0.15) is 0 Å². The van der Waals surface area contributed by atoms with Gasteiger partial charge in [-0.15, -0.1) is 0 Å². The summed E-state index contributed by atoms with van der Waals surface area (Å²) in [5, 5.41) is 0. The lowest BCUT2D eigenvalue weighted by molar-refractivity contribution is 0.285. The molecule has 0 spiro atoms. The van der Waals surface area contributed by atoms with E-state index >= 15 is 0 Å². The summed E-state index contributed by atoms with van der Waals surface area (Å²) in [6.45, 7) is 4.21. The molecule has 0 radical (unpaired) electrons. The summed E-state index contributed by atoms with van der Waals surface area (Å²) in [4.78, 5) is 0. The van der Waals surface area contributed by atoms with Crippen LogP contribution >= 0.6 is 0 Å². The molecular weight excluding hydrogens is 274 g/mol. The van der Waals surface area contributed by atoms with E-state index in [1.165, 1.54) is 0 Å². The lowest BCUT2D eigenvalue weighted by Crippen LogP contribution is -2.44. The predicted octanol–water partition coefficient (Wildman–Crippen LogP) is 1.21. The molecule has 0 atom stereocenters. The zero-order valence-corrected chi connectivity index (χ0v) is 12.7. The van der Waals surface area contributed by atoms with Crippen LogP contribution in [0.3, 0.4) is 0 Å². The minimum Gasteiger partial charge on any atom is -0.326 e. The first kappa shape index (κ1) is 15.4. The molecule has 6 heteroatoms. The highest BCUT2D eigenvalue weighted by Gasteiger charge is 2.25. The fourth-order valence-corrected chi connectivity index (χ4v) is 3.51. The second-order valence-corrected chi connectivity index (χ2v) is 7.18. The Balaban J connectivity index is 1.91. The Bertz CT molecular complexity index is 520. The van der Waals surface area contributed by atoms with Crippen LogP contribution in [0, 0.1) is 5.92 Å². The molecule has 2 rings (SSSR count). The highest BCUT2D eigenvalue weighted by Crippen LogP contribution is 2.18. The van der Waals surface area contributed by atoms with Gasteiger partial charge in [-0.3, -0.25) is 0 Å². The number of piperidine rings is 1. The number of nitrogens with one attached hydrogen (secondary N) is 1. The van der Waals surface area contributed by atoms with Crippen LogP contribution in [0.2, 0.25) is 0 Å². The number of nitrogens with zero attached hydrogens (tertiary/aromatic N) is 1. The van der Waals surface area contributed by atoms with Gasteiger partial charge in [0, 0.05) is 26.2 Å². The van der Waals surface area contributed by atoms with Crippen molar-refractivity contribution in [3.8, 4) is 0 Å². The SMILES string of the molecule is CC1CCN(S(=O)(=O)NCc2ccc(CN)cc2)CC1. The minimum atomic E-state index is -3.36. The quantitative estimate of drug-likeness (QED) is 0.858. The monoisotopic (exact) mass is 297 g/mol. The van der Waals surface area contributed by atoms with Crippen LogP contribution in [-0.2, 0) is 23.3 Å². The topological polar surface area (TPSA) is 75.4 Å². The van der Waals surface area contributed by atoms with Crippen molar-refractivity contribution in [2.75, 3.05) is 13.1 Å². The number of rotatable bonds is 5. The van der Waals surface area contributed by atoms with Crippen molar-refractivity contribution >= 4 is 10.2 Å². The number of benzene rings is 1. The van der Waals surface area contributed by atoms with Gasteiger partial charge in [-0.1, -0.05) is 31.2 Å². The third-order valence-electron chi connectivity index (χ3n) is 3.80. The second kappa shape index (κ2) is 6.67. The number of nitrogens with two attached hydrogens (primary N) is 1. The molecule has 1 heterocycles. The van der Waals surface area contributed by atoms with Crippen molar-refractivity contribution in [1.82, 2.24) is 9.03 Å². The normalized spacial score (nSPS) is 18.3. The van der Waals surface area contributed by atoms with Gasteiger partial charge in [0.25, 0.3) is 10.2 Å². The fraction of sp³-hybridized carbons (Fsp3) is 0.571. The third-order valence-corrected chi connectivity index (χ3v) is 5.35. The van der Waals surface area contributed by atoms with Crippen LogP contribution in [0.25, 0.3) is 0 Å². The molecular formula is C14H23N3O2S. The van der Waals surface area contributed by atoms with E-state index < -0.39 is 10.2 Å². The van der Waals surface area contributed by atoms with Crippen molar-refractivity contribution in [2.45, 2.75) is 32.9 Å². The average Bonchev–Trinajstić information content (AvgIpc) is 2.46. The van der Waals surface area contributed by atoms with Gasteiger partial charge in [0.2, 0.25) is 0 Å². The molecule has 0 bridgehead atoms. The molecule has 1 fully saturated rings. The maximum absolute atomic E-state index is 12.2. The Morgan fingerprint density at radius 3 is 2.30 bits per heavy atom. The van der Waals surface area contributed by atoms with Gasteiger partial charge in [-0.05, 0) is 29.9 Å². The predicted molar refractivity (Wildman–Crippen MR) is 80.1 cm³/mol. The van der Waals surface area contributed by atoms with E-state index in [1.807, 2.05) is 24.3 Å². The number of hydrogen-bond acceptors (Lipinski definition) is 3. The molecule has 3 N–H and O–H groups in total. The van der Waals surface area contributed by atoms with E-state index in [2.05, 4.69) is 11.6 Å². The fourth-order valence-electron chi connectivity index (χ4n) is 2.28. The maximum atomic E-state index is 12.2. The van der Waals surface area contributed by atoms with Crippen LogP contribution in [0.5, 0.6) is 0 Å². The highest BCUT2D eigenvalue weighted by atomic mass is 32.2. The van der Waals surface area contributed by atoms with Crippen LogP contribution in [0.4, 0.5) is 0 Å². The molecule has 0 aromatic heterocycles. The summed E-state index contributed by atoms with van der Waals surface area (Å²) < 4.78 is 28.6. The molecule has 1 aliphatic rings. The van der Waals surface area contributed by atoms with Crippen LogP contribution < -0.4 is 10.5 Å². The smallest absolute Gasteiger partial charge is 0.279 e. The summed E-state index contributed by atoms with van der Waals surface area (Å²) in [5.74, 6) is 0.616. The van der Waals surface area contributed by atoms with Gasteiger partial charge in [0.05, 0.1) is 0 Å². The Hall–Kier alpha value is -0.950. The average molecular weight is 297 g/mol. The zero-order chi connectivity index (χ0) is 14.6. The van der Waals surface area contributed by atoms with E-state index in [-0.39, 0.29) is 0 Å². The Labute approximate surface area is 121 Å². The van der Waals surface area contributed by atoms with E-state index in [0.29, 0.717) is 32.1 Å². The van der Waals surface area contributed by atoms with Gasteiger partial charge in [-0.25, -0.2) is 0 Å². The van der Waals surface area contributed by atoms with Gasteiger partial charge < -0.3 is 5.73 Å². The molecule has 0 saturated carbocycles. The van der Waals surface area contributed by atoms with Crippen molar-refractivity contribution in [2.24, 2.45) is 11.7 Å². The first-order valence-electron chi connectivity index (χ1n) is 7.04. The van der Waals surface area contributed by atoms with E-state index in [4.69, 9.17) is 5.73 Å². The number of hydrogen-bond donors (Lipinski definition) is 2. The zero-order valence-electron chi connectivity index (χ0n) is 11.9. The van der Waals surface area contributed by atoms with Crippen LogP contribution in [0.1, 0.15) is 30.9 Å². The molecule has 20 heavy (non-hydrogen) atoms. The van der Waals surface area contributed by atoms with Crippen LogP contribution in [0.15, 0.2) is 24.3 Å². The molecule has 1 aromatic rings. The maximum Gasteiger partial charge on any atom is 0.279 e. The lowest BCUT2D eigenvalue weighted by atomic mass is 10.0. The Morgan fingerprint density at radius 1 is 1.20 bits per heavy atom. The molecule has 1 saturated heterocycles. The van der Waals surface area contributed by atoms with Crippen molar-refractivity contribution in [3.05, 3.63) is 35.4 Å². The summed E-state index contributed by atoms with van der Waals surface area (Å²) in [5.41, 5.74) is 7.52. The highest BCUT2D eigenvalue weighted by molar-refractivity contribution is 7.87. The molecule has 0 aliphatic carbocycles. The summed E-state index contributed by atoms with van der Waals surface area (Å²) in [6, 6.07) is 7.66. The van der Waals surface area contributed by atoms with Crippen molar-refractivity contribution < 1.29 is 8.42 Å². The first-order valence-corrected chi connectivity index (χ1v) is 8.48. The molecule has 0 amide bonds. The van der Waals surface area contributed by atoms with E-state index in [9.17, 15) is 8.42 Å². The summed E-state index contributed by atoms with van der Waals surface area (Å²) in [6.07, 6.45) is 1.87. The molecule has 112 valence electrons. The van der Waals surface area contributed by atoms with Crippen molar-refractivity contribution in [3.63, 3.8) is 0 Å². The summed E-state index contributed by atoms with van der Waals surface area (Å²) >= 11 is 0. The molecule has 1 aliphatic heterocycles. The molecule has 0 unspecified atom stereocenters. The Morgan fingerprint density at radius 2 is 1.75 bits per heavy atom. The molecule has 1 aromatic carbocycles. The third kappa shape index (κ3) is 4.02. The lowest BCUT2D eigenvalue weighted by Gasteiger charge is -2.29. The van der Waals surface area contributed by atoms with Gasteiger partial charge >= 0.3 is 0 Å². The van der Waals surface area contributed by atoms with Gasteiger partial charge in [-0.2, -0.15) is 17.4 Å².